The SMILES string of the molecule is CC(C)c1nc(C2CCC2)nc(Cl)c1I. The fraction of sp³-hybridized carbons (Fsp3) is 0.636. The second kappa shape index (κ2) is 4.53. The predicted octanol–water partition coefficient (Wildman–Crippen LogP) is 4.13. The van der Waals surface area contributed by atoms with E-state index in [9.17, 15) is 0 Å². The standard InChI is InChI=1S/C11H14ClIN2/c1-6(2)9-8(13)10(12)15-11(14-9)7-4-3-5-7/h6-7H,3-5H2,1-2H3. The molecule has 0 bridgehead atoms. The summed E-state index contributed by atoms with van der Waals surface area (Å²) in [5.41, 5.74) is 1.09. The van der Waals surface area contributed by atoms with Crippen LogP contribution < -0.4 is 0 Å². The maximum Gasteiger partial charge on any atom is 0.146 e. The molecule has 82 valence electrons. The molecule has 0 atom stereocenters. The van der Waals surface area contributed by atoms with Gasteiger partial charge in [0.25, 0.3) is 0 Å². The Labute approximate surface area is 109 Å². The van der Waals surface area contributed by atoms with Gasteiger partial charge in [-0.05, 0) is 41.4 Å². The van der Waals surface area contributed by atoms with E-state index in [0.717, 1.165) is 15.1 Å². The lowest BCUT2D eigenvalue weighted by Gasteiger charge is -2.24. The van der Waals surface area contributed by atoms with Crippen molar-refractivity contribution in [1.82, 2.24) is 9.97 Å². The number of nitrogens with zero attached hydrogens (tertiary/aromatic N) is 2. The topological polar surface area (TPSA) is 25.8 Å². The molecule has 0 radical (unpaired) electrons. The zero-order chi connectivity index (χ0) is 11.0. The van der Waals surface area contributed by atoms with E-state index in [1.807, 2.05) is 0 Å². The van der Waals surface area contributed by atoms with Crippen LogP contribution in [0.2, 0.25) is 5.15 Å². The van der Waals surface area contributed by atoms with Crippen LogP contribution in [0.15, 0.2) is 0 Å². The largest absolute Gasteiger partial charge is 0.236 e. The van der Waals surface area contributed by atoms with Crippen molar-refractivity contribution in [3.05, 3.63) is 20.2 Å². The van der Waals surface area contributed by atoms with Gasteiger partial charge in [-0.15, -0.1) is 0 Å². The molecule has 1 aliphatic rings. The van der Waals surface area contributed by atoms with Crippen molar-refractivity contribution in [3.63, 3.8) is 0 Å². The van der Waals surface area contributed by atoms with Crippen LogP contribution in [-0.2, 0) is 0 Å². The van der Waals surface area contributed by atoms with Gasteiger partial charge in [-0.25, -0.2) is 9.97 Å². The van der Waals surface area contributed by atoms with E-state index in [2.05, 4.69) is 46.4 Å². The van der Waals surface area contributed by atoms with Gasteiger partial charge in [-0.3, -0.25) is 0 Å². The van der Waals surface area contributed by atoms with Crippen molar-refractivity contribution in [2.75, 3.05) is 0 Å². The highest BCUT2D eigenvalue weighted by molar-refractivity contribution is 14.1. The average Bonchev–Trinajstić information content (AvgIpc) is 2.07. The quantitative estimate of drug-likeness (QED) is 0.599. The monoisotopic (exact) mass is 336 g/mol. The molecule has 1 saturated carbocycles. The molecule has 2 rings (SSSR count). The smallest absolute Gasteiger partial charge is 0.146 e. The van der Waals surface area contributed by atoms with Crippen molar-refractivity contribution < 1.29 is 0 Å². The predicted molar refractivity (Wildman–Crippen MR) is 70.4 cm³/mol. The minimum atomic E-state index is 0.413. The van der Waals surface area contributed by atoms with E-state index in [4.69, 9.17) is 11.6 Å². The van der Waals surface area contributed by atoms with E-state index in [-0.39, 0.29) is 0 Å². The molecule has 0 amide bonds. The first-order chi connectivity index (χ1) is 7.09. The Morgan fingerprint density at radius 2 is 2.00 bits per heavy atom. The summed E-state index contributed by atoms with van der Waals surface area (Å²) in [4.78, 5) is 9.04. The lowest BCUT2D eigenvalue weighted by molar-refractivity contribution is 0.399. The molecular formula is C11H14ClIN2. The van der Waals surface area contributed by atoms with E-state index in [0.29, 0.717) is 17.0 Å². The van der Waals surface area contributed by atoms with Gasteiger partial charge in [0.1, 0.15) is 11.0 Å². The van der Waals surface area contributed by atoms with E-state index in [1.54, 1.807) is 0 Å². The Morgan fingerprint density at radius 3 is 2.47 bits per heavy atom. The molecule has 1 aliphatic carbocycles. The highest BCUT2D eigenvalue weighted by Gasteiger charge is 2.24. The van der Waals surface area contributed by atoms with Crippen LogP contribution in [0.3, 0.4) is 0 Å². The molecule has 0 N–H and O–H groups in total. The van der Waals surface area contributed by atoms with Gasteiger partial charge < -0.3 is 0 Å². The van der Waals surface area contributed by atoms with Gasteiger partial charge in [0.2, 0.25) is 0 Å². The van der Waals surface area contributed by atoms with Crippen LogP contribution in [0.5, 0.6) is 0 Å². The van der Waals surface area contributed by atoms with Gasteiger partial charge in [0.05, 0.1) is 9.26 Å². The summed E-state index contributed by atoms with van der Waals surface area (Å²) in [6.07, 6.45) is 3.73. The van der Waals surface area contributed by atoms with Crippen LogP contribution >= 0.6 is 34.2 Å². The molecule has 0 spiro atoms. The second-order valence-electron chi connectivity index (χ2n) is 4.35. The molecule has 2 nitrogen and oxygen atoms in total. The van der Waals surface area contributed by atoms with Crippen LogP contribution in [0.25, 0.3) is 0 Å². The summed E-state index contributed by atoms with van der Waals surface area (Å²) >= 11 is 8.36. The zero-order valence-corrected chi connectivity index (χ0v) is 11.8. The Hall–Kier alpha value is 0.100. The molecule has 1 aromatic rings. The third-order valence-electron chi connectivity index (χ3n) is 2.87. The first kappa shape index (κ1) is 11.6. The van der Waals surface area contributed by atoms with Gasteiger partial charge in [-0.1, -0.05) is 31.9 Å². The third kappa shape index (κ3) is 2.28. The lowest BCUT2D eigenvalue weighted by atomic mass is 9.85. The van der Waals surface area contributed by atoms with Crippen molar-refractivity contribution in [2.45, 2.75) is 44.9 Å². The summed E-state index contributed by atoms with van der Waals surface area (Å²) in [5.74, 6) is 1.92. The average molecular weight is 337 g/mol. The lowest BCUT2D eigenvalue weighted by Crippen LogP contribution is -2.15. The number of aromatic nitrogens is 2. The number of rotatable bonds is 2. The number of hydrogen-bond donors (Lipinski definition) is 0. The highest BCUT2D eigenvalue weighted by Crippen LogP contribution is 2.36. The maximum absolute atomic E-state index is 6.13. The summed E-state index contributed by atoms with van der Waals surface area (Å²) in [7, 11) is 0. The van der Waals surface area contributed by atoms with Gasteiger partial charge in [0, 0.05) is 5.92 Å². The molecule has 0 aromatic carbocycles. The number of hydrogen-bond acceptors (Lipinski definition) is 2. The van der Waals surface area contributed by atoms with Crippen LogP contribution in [0.4, 0.5) is 0 Å². The van der Waals surface area contributed by atoms with Crippen LogP contribution in [-0.4, -0.2) is 9.97 Å². The summed E-state index contributed by atoms with van der Waals surface area (Å²) in [6.45, 7) is 4.29. The Bertz CT molecular complexity index is 375. The molecular weight excluding hydrogens is 322 g/mol. The minimum Gasteiger partial charge on any atom is -0.236 e. The first-order valence-electron chi connectivity index (χ1n) is 5.32. The van der Waals surface area contributed by atoms with Crippen molar-refractivity contribution in [3.8, 4) is 0 Å². The summed E-state index contributed by atoms with van der Waals surface area (Å²) in [6, 6.07) is 0. The normalized spacial score (nSPS) is 16.9. The van der Waals surface area contributed by atoms with Gasteiger partial charge in [-0.2, -0.15) is 0 Å². The molecule has 0 saturated heterocycles. The molecule has 15 heavy (non-hydrogen) atoms. The van der Waals surface area contributed by atoms with Crippen molar-refractivity contribution in [1.29, 1.82) is 0 Å². The van der Waals surface area contributed by atoms with Crippen LogP contribution in [0, 0.1) is 3.57 Å². The molecule has 1 aromatic heterocycles. The van der Waals surface area contributed by atoms with Gasteiger partial charge in [0.15, 0.2) is 0 Å². The molecule has 0 aliphatic heterocycles. The summed E-state index contributed by atoms with van der Waals surface area (Å²) in [5, 5.41) is 0.621. The van der Waals surface area contributed by atoms with E-state index < -0.39 is 0 Å². The maximum atomic E-state index is 6.13. The molecule has 1 heterocycles. The Balaban J connectivity index is 2.40. The minimum absolute atomic E-state index is 0.413. The first-order valence-corrected chi connectivity index (χ1v) is 6.78. The summed E-state index contributed by atoms with van der Waals surface area (Å²) < 4.78 is 1.01. The van der Waals surface area contributed by atoms with Crippen LogP contribution in [0.1, 0.15) is 56.5 Å². The van der Waals surface area contributed by atoms with Crippen molar-refractivity contribution in [2.24, 2.45) is 0 Å². The molecule has 0 unspecified atom stereocenters. The fourth-order valence-corrected chi connectivity index (χ4v) is 2.73. The highest BCUT2D eigenvalue weighted by atomic mass is 127. The molecule has 4 heteroatoms. The van der Waals surface area contributed by atoms with E-state index >= 15 is 0 Å². The van der Waals surface area contributed by atoms with E-state index in [1.165, 1.54) is 19.3 Å². The zero-order valence-electron chi connectivity index (χ0n) is 8.93. The Kier molecular flexibility index (Phi) is 3.50. The van der Waals surface area contributed by atoms with Crippen molar-refractivity contribution >= 4 is 34.2 Å². The third-order valence-corrected chi connectivity index (χ3v) is 4.53. The molecule has 1 fully saturated rings. The van der Waals surface area contributed by atoms with Gasteiger partial charge >= 0.3 is 0 Å². The second-order valence-corrected chi connectivity index (χ2v) is 5.79. The number of halogens is 2. The fourth-order valence-electron chi connectivity index (χ4n) is 1.68. The Morgan fingerprint density at radius 1 is 1.33 bits per heavy atom.